The lowest BCUT2D eigenvalue weighted by atomic mass is 9.99. The maximum atomic E-state index is 12.2. The topological polar surface area (TPSA) is 66.5 Å². The Hall–Kier alpha value is -2.17. The highest BCUT2D eigenvalue weighted by Crippen LogP contribution is 2.21. The molecule has 1 N–H and O–H groups in total. The molecular formula is C18H24N2O3. The van der Waals surface area contributed by atoms with Crippen molar-refractivity contribution in [2.75, 3.05) is 13.1 Å². The maximum Gasteiger partial charge on any atom is 0.262 e. The molecule has 0 saturated carbocycles. The predicted molar refractivity (Wildman–Crippen MR) is 88.1 cm³/mol. The van der Waals surface area contributed by atoms with Crippen LogP contribution in [0, 0.1) is 5.92 Å². The second-order valence-electron chi connectivity index (χ2n) is 5.96. The first-order valence-corrected chi connectivity index (χ1v) is 8.30. The zero-order valence-corrected chi connectivity index (χ0v) is 13.8. The Morgan fingerprint density at radius 2 is 1.74 bits per heavy atom. The van der Waals surface area contributed by atoms with E-state index < -0.39 is 11.8 Å². The quantitative estimate of drug-likeness (QED) is 0.750. The number of amides is 3. The number of nitrogens with one attached hydrogen (secondary N) is 1. The highest BCUT2D eigenvalue weighted by atomic mass is 16.2. The molecule has 2 rings (SSSR count). The molecule has 0 aromatic heterocycles. The zero-order chi connectivity index (χ0) is 16.8. The number of hydrogen-bond donors (Lipinski definition) is 1. The number of hydrogen-bond acceptors (Lipinski definition) is 3. The Kier molecular flexibility index (Phi) is 5.90. The first kappa shape index (κ1) is 17.2. The summed E-state index contributed by atoms with van der Waals surface area (Å²) in [6.07, 6.45) is 4.37. The third-order valence-electron chi connectivity index (χ3n) is 4.31. The minimum absolute atomic E-state index is 0.212. The van der Waals surface area contributed by atoms with Gasteiger partial charge in [0.25, 0.3) is 11.8 Å². The molecule has 5 nitrogen and oxygen atoms in total. The van der Waals surface area contributed by atoms with Crippen LogP contribution in [0.4, 0.5) is 0 Å². The minimum atomic E-state index is -0.390. The van der Waals surface area contributed by atoms with Gasteiger partial charge in [-0.1, -0.05) is 45.2 Å². The lowest BCUT2D eigenvalue weighted by Gasteiger charge is -2.17. The molecule has 1 unspecified atom stereocenters. The van der Waals surface area contributed by atoms with Crippen molar-refractivity contribution in [1.82, 2.24) is 10.2 Å². The van der Waals surface area contributed by atoms with E-state index in [4.69, 9.17) is 0 Å². The van der Waals surface area contributed by atoms with Crippen molar-refractivity contribution in [1.29, 1.82) is 0 Å². The largest absolute Gasteiger partial charge is 0.354 e. The molecule has 5 heteroatoms. The van der Waals surface area contributed by atoms with Crippen molar-refractivity contribution in [2.24, 2.45) is 5.92 Å². The molecule has 0 radical (unpaired) electrons. The van der Waals surface area contributed by atoms with Gasteiger partial charge in [0.15, 0.2) is 0 Å². The standard InChI is InChI=1S/C18H24N2O3/c1-3-5-8-13(4-2)11-19-16(21)12-20-17(22)14-9-6-7-10-15(14)18(20)23/h6-7,9-10,13H,3-5,8,11-12H2,1-2H3,(H,19,21). The van der Waals surface area contributed by atoms with Crippen LogP contribution in [0.3, 0.4) is 0 Å². The Balaban J connectivity index is 1.89. The lowest BCUT2D eigenvalue weighted by molar-refractivity contribution is -0.121. The molecule has 1 heterocycles. The fraction of sp³-hybridized carbons (Fsp3) is 0.500. The summed E-state index contributed by atoms with van der Waals surface area (Å²) in [6.45, 7) is 4.64. The van der Waals surface area contributed by atoms with Crippen molar-refractivity contribution < 1.29 is 14.4 Å². The molecule has 1 aromatic carbocycles. The Morgan fingerprint density at radius 3 is 2.26 bits per heavy atom. The monoisotopic (exact) mass is 316 g/mol. The van der Waals surface area contributed by atoms with Gasteiger partial charge in [0.05, 0.1) is 11.1 Å². The Bertz CT molecular complexity index is 563. The highest BCUT2D eigenvalue weighted by Gasteiger charge is 2.36. The van der Waals surface area contributed by atoms with Crippen molar-refractivity contribution in [2.45, 2.75) is 39.5 Å². The van der Waals surface area contributed by atoms with Crippen LogP contribution in [0.2, 0.25) is 0 Å². The number of carbonyl (C=O) groups is 3. The van der Waals surface area contributed by atoms with E-state index in [1.54, 1.807) is 24.3 Å². The molecule has 1 aromatic rings. The molecule has 0 fully saturated rings. The number of unbranched alkanes of at least 4 members (excludes halogenated alkanes) is 1. The highest BCUT2D eigenvalue weighted by molar-refractivity contribution is 6.22. The molecule has 0 aliphatic carbocycles. The SMILES string of the molecule is CCCCC(CC)CNC(=O)CN1C(=O)c2ccccc2C1=O. The van der Waals surface area contributed by atoms with Crippen LogP contribution in [0.15, 0.2) is 24.3 Å². The number of nitrogens with zero attached hydrogens (tertiary/aromatic N) is 1. The fourth-order valence-electron chi connectivity index (χ4n) is 2.78. The molecule has 0 saturated heterocycles. The molecule has 124 valence electrons. The van der Waals surface area contributed by atoms with Gasteiger partial charge in [0.2, 0.25) is 5.91 Å². The molecule has 1 aliphatic rings. The molecular weight excluding hydrogens is 292 g/mol. The summed E-state index contributed by atoms with van der Waals surface area (Å²) in [5, 5.41) is 2.85. The average molecular weight is 316 g/mol. The van der Waals surface area contributed by atoms with Gasteiger partial charge in [-0.3, -0.25) is 19.3 Å². The van der Waals surface area contributed by atoms with Gasteiger partial charge in [-0.15, -0.1) is 0 Å². The van der Waals surface area contributed by atoms with Crippen LogP contribution in [-0.4, -0.2) is 35.7 Å². The Morgan fingerprint density at radius 1 is 1.13 bits per heavy atom. The van der Waals surface area contributed by atoms with Crippen LogP contribution >= 0.6 is 0 Å². The van der Waals surface area contributed by atoms with Crippen molar-refractivity contribution in [3.63, 3.8) is 0 Å². The summed E-state index contributed by atoms with van der Waals surface area (Å²) in [4.78, 5) is 37.5. The molecule has 23 heavy (non-hydrogen) atoms. The van der Waals surface area contributed by atoms with E-state index >= 15 is 0 Å². The molecule has 3 amide bonds. The lowest BCUT2D eigenvalue weighted by Crippen LogP contribution is -2.41. The van der Waals surface area contributed by atoms with Crippen LogP contribution in [0.1, 0.15) is 60.2 Å². The van der Waals surface area contributed by atoms with Crippen molar-refractivity contribution in [3.8, 4) is 0 Å². The summed E-state index contributed by atoms with van der Waals surface area (Å²) >= 11 is 0. The van der Waals surface area contributed by atoms with Gasteiger partial charge in [-0.2, -0.15) is 0 Å². The molecule has 1 aliphatic heterocycles. The van der Waals surface area contributed by atoms with Crippen LogP contribution in [-0.2, 0) is 4.79 Å². The fourth-order valence-corrected chi connectivity index (χ4v) is 2.78. The number of carbonyl (C=O) groups excluding carboxylic acids is 3. The Labute approximate surface area is 137 Å². The van der Waals surface area contributed by atoms with E-state index in [0.717, 1.165) is 30.6 Å². The summed E-state index contributed by atoms with van der Waals surface area (Å²) < 4.78 is 0. The molecule has 0 spiro atoms. The molecule has 1 atom stereocenters. The zero-order valence-electron chi connectivity index (χ0n) is 13.8. The van der Waals surface area contributed by atoms with Gasteiger partial charge < -0.3 is 5.32 Å². The van der Waals surface area contributed by atoms with E-state index in [0.29, 0.717) is 23.6 Å². The van der Waals surface area contributed by atoms with Crippen molar-refractivity contribution in [3.05, 3.63) is 35.4 Å². The number of fused-ring (bicyclic) bond motifs is 1. The van der Waals surface area contributed by atoms with E-state index in [-0.39, 0.29) is 12.5 Å². The predicted octanol–water partition coefficient (Wildman–Crippen LogP) is 2.62. The number of imide groups is 1. The second kappa shape index (κ2) is 7.90. The smallest absolute Gasteiger partial charge is 0.262 e. The van der Waals surface area contributed by atoms with Crippen LogP contribution in [0.5, 0.6) is 0 Å². The van der Waals surface area contributed by atoms with Gasteiger partial charge in [0, 0.05) is 6.54 Å². The van der Waals surface area contributed by atoms with Crippen molar-refractivity contribution >= 4 is 17.7 Å². The summed E-state index contributed by atoms with van der Waals surface area (Å²) in [7, 11) is 0. The summed E-state index contributed by atoms with van der Waals surface area (Å²) in [5.41, 5.74) is 0.749. The first-order chi connectivity index (χ1) is 11.1. The van der Waals surface area contributed by atoms with Gasteiger partial charge in [-0.05, 0) is 24.5 Å². The van der Waals surface area contributed by atoms with Gasteiger partial charge in [-0.25, -0.2) is 0 Å². The van der Waals surface area contributed by atoms with Gasteiger partial charge in [0.1, 0.15) is 6.54 Å². The third-order valence-corrected chi connectivity index (χ3v) is 4.31. The van der Waals surface area contributed by atoms with E-state index in [1.165, 1.54) is 0 Å². The summed E-state index contributed by atoms with van der Waals surface area (Å²) in [6, 6.07) is 6.66. The van der Waals surface area contributed by atoms with E-state index in [1.807, 2.05) is 0 Å². The molecule has 0 bridgehead atoms. The number of rotatable bonds is 8. The normalized spacial score (nSPS) is 14.8. The summed E-state index contributed by atoms with van der Waals surface area (Å²) in [5.74, 6) is -0.618. The second-order valence-corrected chi connectivity index (χ2v) is 5.96. The van der Waals surface area contributed by atoms with E-state index in [9.17, 15) is 14.4 Å². The maximum absolute atomic E-state index is 12.2. The number of benzene rings is 1. The average Bonchev–Trinajstić information content (AvgIpc) is 2.80. The van der Waals surface area contributed by atoms with Crippen LogP contribution < -0.4 is 5.32 Å². The first-order valence-electron chi connectivity index (χ1n) is 8.30. The minimum Gasteiger partial charge on any atom is -0.354 e. The van der Waals surface area contributed by atoms with E-state index in [2.05, 4.69) is 19.2 Å². The third kappa shape index (κ3) is 3.97. The van der Waals surface area contributed by atoms with Crippen LogP contribution in [0.25, 0.3) is 0 Å². The van der Waals surface area contributed by atoms with Gasteiger partial charge >= 0.3 is 0 Å².